The van der Waals surface area contributed by atoms with E-state index in [2.05, 4.69) is 160 Å². The third kappa shape index (κ3) is 5.66. The predicted octanol–water partition coefficient (Wildman–Crippen LogP) is 10.7. The fourth-order valence-corrected chi connectivity index (χ4v) is 5.43. The summed E-state index contributed by atoms with van der Waals surface area (Å²) in [7, 11) is 0. The van der Waals surface area contributed by atoms with Crippen LogP contribution in [0.15, 0.2) is 36.4 Å². The van der Waals surface area contributed by atoms with Crippen LogP contribution in [0, 0.1) is 63.6 Å². The van der Waals surface area contributed by atoms with Gasteiger partial charge in [-0.2, -0.15) is 0 Å². The summed E-state index contributed by atoms with van der Waals surface area (Å²) in [6, 6.07) is 13.9. The number of hydrogen-bond donors (Lipinski definition) is 0. The molecule has 5 rings (SSSR count). The van der Waals surface area contributed by atoms with E-state index in [1.165, 1.54) is 48.7 Å². The molecule has 0 aliphatic carbocycles. The summed E-state index contributed by atoms with van der Waals surface area (Å²) in [5.74, 6) is 27.3. The molecule has 210 valence electrons. The van der Waals surface area contributed by atoms with Gasteiger partial charge in [-0.15, -0.1) is 5.92 Å². The van der Waals surface area contributed by atoms with Crippen LogP contribution in [-0.4, -0.2) is 0 Å². The summed E-state index contributed by atoms with van der Waals surface area (Å²) < 4.78 is 0. The third-order valence-corrected chi connectivity index (χ3v) is 7.46. The number of fused-ring (bicyclic) bond motifs is 8. The summed E-state index contributed by atoms with van der Waals surface area (Å²) in [5, 5.41) is 10.3. The topological polar surface area (TPSA) is 0 Å². The summed E-state index contributed by atoms with van der Waals surface area (Å²) in [5.41, 5.74) is 3.78. The predicted molar refractivity (Wildman–Crippen MR) is 184 cm³/mol. The molecule has 0 amide bonds. The van der Waals surface area contributed by atoms with Gasteiger partial charge in [-0.1, -0.05) is 41.4 Å². The molecule has 0 radical (unpaired) electrons. The summed E-state index contributed by atoms with van der Waals surface area (Å²) >= 11 is 0. The Bertz CT molecular complexity index is 2110. The Morgan fingerprint density at radius 1 is 0.381 bits per heavy atom. The van der Waals surface area contributed by atoms with Gasteiger partial charge in [-0.05, 0) is 168 Å². The van der Waals surface area contributed by atoms with E-state index in [9.17, 15) is 0 Å². The van der Waals surface area contributed by atoms with Crippen LogP contribution in [0.3, 0.4) is 0 Å². The minimum absolute atomic E-state index is 0.0744. The second-order valence-electron chi connectivity index (χ2n) is 15.3. The molecule has 0 saturated carbocycles. The molecular formula is C42H42. The molecule has 0 heterocycles. The van der Waals surface area contributed by atoms with E-state index in [1.807, 2.05) is 6.92 Å². The van der Waals surface area contributed by atoms with Crippen LogP contribution in [0.4, 0.5) is 0 Å². The highest BCUT2D eigenvalue weighted by Crippen LogP contribution is 2.46. The smallest absolute Gasteiger partial charge is 0.0519 e. The maximum absolute atomic E-state index is 3.52. The zero-order valence-electron chi connectivity index (χ0n) is 27.5. The summed E-state index contributed by atoms with van der Waals surface area (Å²) in [6.45, 7) is 25.7. The van der Waals surface area contributed by atoms with E-state index in [0.717, 1.165) is 16.7 Å². The van der Waals surface area contributed by atoms with Gasteiger partial charge in [-0.25, -0.2) is 0 Å². The Morgan fingerprint density at radius 3 is 1.05 bits per heavy atom. The molecule has 0 aliphatic heterocycles. The molecule has 0 atom stereocenters. The van der Waals surface area contributed by atoms with Crippen molar-refractivity contribution in [2.24, 2.45) is 16.2 Å². The van der Waals surface area contributed by atoms with Crippen LogP contribution in [0.2, 0.25) is 0 Å². The highest BCUT2D eigenvalue weighted by Gasteiger charge is 2.25. The van der Waals surface area contributed by atoms with Crippen molar-refractivity contribution in [1.82, 2.24) is 0 Å². The first-order valence-corrected chi connectivity index (χ1v) is 15.0. The van der Waals surface area contributed by atoms with Crippen molar-refractivity contribution >= 4 is 43.1 Å². The first-order chi connectivity index (χ1) is 19.4. The van der Waals surface area contributed by atoms with Gasteiger partial charge in [0.05, 0.1) is 5.41 Å². The van der Waals surface area contributed by atoms with Crippen LogP contribution < -0.4 is 0 Å². The number of rotatable bonds is 1. The molecule has 0 unspecified atom stereocenters. The van der Waals surface area contributed by atoms with Crippen molar-refractivity contribution in [3.8, 4) is 47.4 Å². The second kappa shape index (κ2) is 9.73. The van der Waals surface area contributed by atoms with E-state index in [-0.39, 0.29) is 21.7 Å². The van der Waals surface area contributed by atoms with E-state index in [4.69, 9.17) is 0 Å². The molecule has 0 nitrogen and oxygen atoms in total. The molecular weight excluding hydrogens is 504 g/mol. The van der Waals surface area contributed by atoms with Gasteiger partial charge in [0.1, 0.15) is 0 Å². The molecule has 0 bridgehead atoms. The average Bonchev–Trinajstić information content (AvgIpc) is 2.84. The van der Waals surface area contributed by atoms with Crippen LogP contribution >= 0.6 is 0 Å². The zero-order valence-corrected chi connectivity index (χ0v) is 27.5. The van der Waals surface area contributed by atoms with Gasteiger partial charge in [0.2, 0.25) is 0 Å². The fraction of sp³-hybridized carbons (Fsp3) is 0.381. The quantitative estimate of drug-likeness (QED) is 0.183. The lowest BCUT2D eigenvalue weighted by Gasteiger charge is -2.24. The molecule has 0 N–H and O–H groups in total. The highest BCUT2D eigenvalue weighted by molar-refractivity contribution is 6.35. The first kappa shape index (κ1) is 29.4. The Morgan fingerprint density at radius 2 is 0.690 bits per heavy atom. The first-order valence-electron chi connectivity index (χ1n) is 15.0. The van der Waals surface area contributed by atoms with Crippen molar-refractivity contribution in [2.45, 2.75) is 88.5 Å². The number of hydrogen-bond acceptors (Lipinski definition) is 0. The molecule has 5 aromatic carbocycles. The van der Waals surface area contributed by atoms with Crippen LogP contribution in [0.25, 0.3) is 43.1 Å². The Balaban J connectivity index is 1.76. The fourth-order valence-electron chi connectivity index (χ4n) is 5.43. The largest absolute Gasteiger partial charge is 0.106 e. The summed E-state index contributed by atoms with van der Waals surface area (Å²) in [6.07, 6.45) is 0. The third-order valence-electron chi connectivity index (χ3n) is 7.46. The Kier molecular flexibility index (Phi) is 6.81. The highest BCUT2D eigenvalue weighted by atomic mass is 14.3. The van der Waals surface area contributed by atoms with Gasteiger partial charge in [-0.3, -0.25) is 0 Å². The molecule has 0 heteroatoms. The van der Waals surface area contributed by atoms with Crippen LogP contribution in [-0.2, 0) is 5.41 Å². The van der Waals surface area contributed by atoms with Crippen molar-refractivity contribution in [1.29, 1.82) is 0 Å². The minimum atomic E-state index is -0.293. The van der Waals surface area contributed by atoms with Gasteiger partial charge < -0.3 is 0 Å². The van der Waals surface area contributed by atoms with Gasteiger partial charge in [0.15, 0.2) is 0 Å². The van der Waals surface area contributed by atoms with Crippen molar-refractivity contribution in [3.05, 3.63) is 58.7 Å². The van der Waals surface area contributed by atoms with E-state index < -0.39 is 0 Å². The average molecular weight is 547 g/mol. The zero-order chi connectivity index (χ0) is 30.8. The maximum Gasteiger partial charge on any atom is 0.0519 e. The lowest BCUT2D eigenvalue weighted by Crippen LogP contribution is -2.16. The molecule has 0 fully saturated rings. The number of benzene rings is 3. The molecule has 0 saturated heterocycles. The van der Waals surface area contributed by atoms with Gasteiger partial charge in [0.25, 0.3) is 0 Å². The van der Waals surface area contributed by atoms with Crippen LogP contribution in [0.1, 0.15) is 105 Å². The Labute approximate surface area is 253 Å². The lowest BCUT2D eigenvalue weighted by atomic mass is 9.78. The lowest BCUT2D eigenvalue weighted by molar-refractivity contribution is 0.570. The maximum atomic E-state index is 3.52. The molecule has 0 aliphatic rings. The van der Waals surface area contributed by atoms with Crippen LogP contribution in [0.5, 0.6) is 0 Å². The van der Waals surface area contributed by atoms with E-state index >= 15 is 0 Å². The molecule has 0 aromatic heterocycles. The second-order valence-corrected chi connectivity index (χ2v) is 15.3. The minimum Gasteiger partial charge on any atom is -0.106 e. The van der Waals surface area contributed by atoms with E-state index in [0.29, 0.717) is 0 Å². The summed E-state index contributed by atoms with van der Waals surface area (Å²) in [4.78, 5) is 0. The van der Waals surface area contributed by atoms with Crippen molar-refractivity contribution in [3.63, 3.8) is 0 Å². The molecule has 42 heavy (non-hydrogen) atoms. The van der Waals surface area contributed by atoms with Crippen molar-refractivity contribution in [2.75, 3.05) is 0 Å². The van der Waals surface area contributed by atoms with Crippen molar-refractivity contribution < 1.29 is 0 Å². The normalized spacial score (nSPS) is 12.5. The van der Waals surface area contributed by atoms with E-state index in [1.54, 1.807) is 0 Å². The molecule has 0 spiro atoms. The Hall–Kier alpha value is -4.10. The standard InChI is InChI=1S/C42H42/c1-13-17-42(11,12)38-26-37-32(23-29(38)16-20-41(8,9)10)35-24-33-30-21-27(14-18-39(2,3)4)28(15-19-40(5,6)7)22-31(30)34(33)25-36(35)37/h21-26H,1-12H3. The van der Waals surface area contributed by atoms with Gasteiger partial charge in [0, 0.05) is 32.9 Å². The molecule has 5 aromatic rings. The SMILES string of the molecule is CC#CC(C)(C)c1cc2c(cc1C#CC(C)(C)C)c1cc3c4cc(C#CC(C)(C)C)c(C#CC(C)(C)C)cc4c3cc21. The van der Waals surface area contributed by atoms with Gasteiger partial charge >= 0.3 is 0 Å². The monoisotopic (exact) mass is 546 g/mol.